The molecule has 1 atom stereocenters. The number of carboxylic acid groups (broad SMARTS) is 1. The number of hydrogen-bond acceptors (Lipinski definition) is 3. The van der Waals surface area contributed by atoms with Gasteiger partial charge in [-0.3, -0.25) is 0 Å². The first-order valence-corrected chi connectivity index (χ1v) is 6.45. The molecule has 0 spiro atoms. The number of carbonyl (C=O) groups is 1. The topological polar surface area (TPSA) is 66.8 Å². The van der Waals surface area contributed by atoms with Crippen molar-refractivity contribution in [2.24, 2.45) is 0 Å². The van der Waals surface area contributed by atoms with E-state index in [0.717, 1.165) is 17.5 Å². The molecule has 102 valence electrons. The molecule has 1 aliphatic heterocycles. The lowest BCUT2D eigenvalue weighted by atomic mass is 9.84. The largest absolute Gasteiger partial charge is 0.508 e. The van der Waals surface area contributed by atoms with Crippen LogP contribution >= 0.6 is 0 Å². The Morgan fingerprint density at radius 1 is 1.15 bits per heavy atom. The third kappa shape index (κ3) is 2.09. The van der Waals surface area contributed by atoms with Gasteiger partial charge in [0.15, 0.2) is 0 Å². The number of phenolic OH excluding ortho intramolecular Hbond substituents is 1. The highest BCUT2D eigenvalue weighted by Gasteiger charge is 2.26. The second kappa shape index (κ2) is 4.89. The molecule has 0 saturated carbocycles. The minimum Gasteiger partial charge on any atom is -0.508 e. The highest BCUT2D eigenvalue weighted by Crippen LogP contribution is 2.40. The summed E-state index contributed by atoms with van der Waals surface area (Å²) < 4.78 is 5.55. The van der Waals surface area contributed by atoms with Crippen LogP contribution < -0.4 is 4.74 Å². The normalized spacial score (nSPS) is 17.1. The van der Waals surface area contributed by atoms with Crippen molar-refractivity contribution in [3.8, 4) is 11.5 Å². The molecule has 0 fully saturated rings. The van der Waals surface area contributed by atoms with Crippen molar-refractivity contribution in [3.05, 3.63) is 59.2 Å². The van der Waals surface area contributed by atoms with Gasteiger partial charge in [0.2, 0.25) is 0 Å². The van der Waals surface area contributed by atoms with E-state index in [1.165, 1.54) is 0 Å². The van der Waals surface area contributed by atoms with Crippen LogP contribution in [0.25, 0.3) is 0 Å². The van der Waals surface area contributed by atoms with Crippen LogP contribution in [0, 0.1) is 0 Å². The molecule has 1 unspecified atom stereocenters. The van der Waals surface area contributed by atoms with E-state index < -0.39 is 5.97 Å². The van der Waals surface area contributed by atoms with Gasteiger partial charge in [-0.2, -0.15) is 0 Å². The van der Waals surface area contributed by atoms with E-state index in [1.807, 2.05) is 12.1 Å². The Kier molecular flexibility index (Phi) is 3.06. The predicted molar refractivity (Wildman–Crippen MR) is 73.5 cm³/mol. The maximum Gasteiger partial charge on any atom is 0.335 e. The summed E-state index contributed by atoms with van der Waals surface area (Å²) >= 11 is 0. The summed E-state index contributed by atoms with van der Waals surface area (Å²) in [6, 6.07) is 12.0. The third-order valence-electron chi connectivity index (χ3n) is 3.60. The molecular weight excluding hydrogens is 256 g/mol. The van der Waals surface area contributed by atoms with Crippen molar-refractivity contribution in [2.45, 2.75) is 12.3 Å². The average Bonchev–Trinajstić information content (AvgIpc) is 2.46. The number of phenols is 1. The predicted octanol–water partition coefficient (Wildman–Crippen LogP) is 3.00. The van der Waals surface area contributed by atoms with Crippen molar-refractivity contribution >= 4 is 5.97 Å². The van der Waals surface area contributed by atoms with Crippen LogP contribution in [0.1, 0.15) is 33.8 Å². The van der Waals surface area contributed by atoms with Crippen LogP contribution in [-0.4, -0.2) is 22.8 Å². The second-order valence-electron chi connectivity index (χ2n) is 4.80. The highest BCUT2D eigenvalue weighted by atomic mass is 16.5. The van der Waals surface area contributed by atoms with Crippen LogP contribution in [0.4, 0.5) is 0 Å². The SMILES string of the molecule is O=C(O)c1ccccc1C1CCOc2cc(O)ccc21. The Labute approximate surface area is 116 Å². The first kappa shape index (κ1) is 12.5. The Bertz CT molecular complexity index is 663. The number of ether oxygens (including phenoxy) is 1. The van der Waals surface area contributed by atoms with E-state index in [0.29, 0.717) is 17.9 Å². The van der Waals surface area contributed by atoms with E-state index in [4.69, 9.17) is 4.74 Å². The summed E-state index contributed by atoms with van der Waals surface area (Å²) in [7, 11) is 0. The van der Waals surface area contributed by atoms with Crippen LogP contribution in [0.2, 0.25) is 0 Å². The van der Waals surface area contributed by atoms with Gasteiger partial charge in [0.25, 0.3) is 0 Å². The van der Waals surface area contributed by atoms with Gasteiger partial charge in [0.05, 0.1) is 12.2 Å². The van der Waals surface area contributed by atoms with Gasteiger partial charge >= 0.3 is 5.97 Å². The summed E-state index contributed by atoms with van der Waals surface area (Å²) in [5.41, 5.74) is 2.02. The number of fused-ring (bicyclic) bond motifs is 1. The van der Waals surface area contributed by atoms with Crippen LogP contribution in [0.3, 0.4) is 0 Å². The van der Waals surface area contributed by atoms with Gasteiger partial charge in [0.1, 0.15) is 11.5 Å². The van der Waals surface area contributed by atoms with Gasteiger partial charge in [0, 0.05) is 17.5 Å². The number of rotatable bonds is 2. The van der Waals surface area contributed by atoms with Crippen molar-refractivity contribution in [3.63, 3.8) is 0 Å². The lowest BCUT2D eigenvalue weighted by Gasteiger charge is -2.27. The van der Waals surface area contributed by atoms with Gasteiger partial charge in [-0.15, -0.1) is 0 Å². The Balaban J connectivity index is 2.12. The second-order valence-corrected chi connectivity index (χ2v) is 4.80. The molecule has 1 heterocycles. The fourth-order valence-electron chi connectivity index (χ4n) is 2.70. The number of carboxylic acids is 1. The molecule has 1 aliphatic rings. The molecule has 0 aliphatic carbocycles. The van der Waals surface area contributed by atoms with E-state index in [2.05, 4.69) is 0 Å². The lowest BCUT2D eigenvalue weighted by molar-refractivity contribution is 0.0695. The molecule has 2 aromatic carbocycles. The molecule has 20 heavy (non-hydrogen) atoms. The van der Waals surface area contributed by atoms with E-state index in [-0.39, 0.29) is 11.7 Å². The van der Waals surface area contributed by atoms with Gasteiger partial charge in [-0.25, -0.2) is 4.79 Å². The molecule has 0 radical (unpaired) electrons. The Morgan fingerprint density at radius 2 is 1.95 bits per heavy atom. The fraction of sp³-hybridized carbons (Fsp3) is 0.188. The van der Waals surface area contributed by atoms with Crippen LogP contribution in [0.5, 0.6) is 11.5 Å². The monoisotopic (exact) mass is 270 g/mol. The maximum absolute atomic E-state index is 11.4. The first-order chi connectivity index (χ1) is 9.66. The Morgan fingerprint density at radius 3 is 2.75 bits per heavy atom. The lowest BCUT2D eigenvalue weighted by Crippen LogP contribution is -2.17. The zero-order valence-electron chi connectivity index (χ0n) is 10.7. The maximum atomic E-state index is 11.4. The molecule has 0 bridgehead atoms. The van der Waals surface area contributed by atoms with E-state index in [1.54, 1.807) is 30.3 Å². The van der Waals surface area contributed by atoms with E-state index >= 15 is 0 Å². The summed E-state index contributed by atoms with van der Waals surface area (Å²) in [6.07, 6.45) is 0.724. The number of hydrogen-bond donors (Lipinski definition) is 2. The highest BCUT2D eigenvalue weighted by molar-refractivity contribution is 5.89. The first-order valence-electron chi connectivity index (χ1n) is 6.45. The molecule has 2 aromatic rings. The van der Waals surface area contributed by atoms with Gasteiger partial charge in [-0.05, 0) is 24.1 Å². The molecule has 0 saturated heterocycles. The van der Waals surface area contributed by atoms with Crippen molar-refractivity contribution in [2.75, 3.05) is 6.61 Å². The number of benzene rings is 2. The third-order valence-corrected chi connectivity index (χ3v) is 3.60. The van der Waals surface area contributed by atoms with Gasteiger partial charge < -0.3 is 14.9 Å². The zero-order chi connectivity index (χ0) is 14.1. The van der Waals surface area contributed by atoms with Crippen molar-refractivity contribution in [1.82, 2.24) is 0 Å². The quantitative estimate of drug-likeness (QED) is 0.880. The molecule has 4 heteroatoms. The minimum absolute atomic E-state index is 0.0216. The molecule has 4 nitrogen and oxygen atoms in total. The Hall–Kier alpha value is -2.49. The minimum atomic E-state index is -0.924. The smallest absolute Gasteiger partial charge is 0.335 e. The number of aromatic hydroxyl groups is 1. The fourth-order valence-corrected chi connectivity index (χ4v) is 2.70. The van der Waals surface area contributed by atoms with E-state index in [9.17, 15) is 15.0 Å². The zero-order valence-corrected chi connectivity index (χ0v) is 10.7. The standard InChI is InChI=1S/C16H14O4/c17-10-5-6-13-12(7-8-20-15(13)9-10)11-3-1-2-4-14(11)16(18)19/h1-6,9,12,17H,7-8H2,(H,18,19). The molecule has 2 N–H and O–H groups in total. The molecule has 0 amide bonds. The summed E-state index contributed by atoms with van der Waals surface area (Å²) in [4.78, 5) is 11.4. The number of aromatic carboxylic acids is 1. The molecule has 0 aromatic heterocycles. The van der Waals surface area contributed by atoms with Gasteiger partial charge in [-0.1, -0.05) is 24.3 Å². The van der Waals surface area contributed by atoms with Crippen LogP contribution in [-0.2, 0) is 0 Å². The van der Waals surface area contributed by atoms with Crippen molar-refractivity contribution < 1.29 is 19.7 Å². The summed E-state index contributed by atoms with van der Waals surface area (Å²) in [5, 5.41) is 18.8. The van der Waals surface area contributed by atoms with Crippen LogP contribution in [0.15, 0.2) is 42.5 Å². The van der Waals surface area contributed by atoms with Crippen molar-refractivity contribution in [1.29, 1.82) is 0 Å². The molecule has 3 rings (SSSR count). The summed E-state index contributed by atoms with van der Waals surface area (Å²) in [5.74, 6) is -0.170. The average molecular weight is 270 g/mol. The molecular formula is C16H14O4. The summed E-state index contributed by atoms with van der Waals surface area (Å²) in [6.45, 7) is 0.509.